The third-order valence-electron chi connectivity index (χ3n) is 4.61. The van der Waals surface area contributed by atoms with E-state index in [0.29, 0.717) is 11.9 Å². The Morgan fingerprint density at radius 3 is 1.92 bits per heavy atom. The summed E-state index contributed by atoms with van der Waals surface area (Å²) in [4.78, 5) is 40.1. The number of halogens is 6. The monoisotopic (exact) mass is 531 g/mol. The van der Waals surface area contributed by atoms with Gasteiger partial charge in [0.15, 0.2) is 0 Å². The van der Waals surface area contributed by atoms with Crippen LogP contribution in [0.1, 0.15) is 18.7 Å². The van der Waals surface area contributed by atoms with Gasteiger partial charge in [0.05, 0.1) is 6.33 Å². The Balaban J connectivity index is 0.000000383. The van der Waals surface area contributed by atoms with Crippen molar-refractivity contribution in [2.24, 2.45) is 13.0 Å². The van der Waals surface area contributed by atoms with Crippen molar-refractivity contribution in [1.29, 1.82) is 0 Å². The average Bonchev–Trinajstić information content (AvgIpc) is 3.37. The second kappa shape index (κ2) is 12.7. The van der Waals surface area contributed by atoms with Gasteiger partial charge in [0.2, 0.25) is 5.95 Å². The average molecular weight is 531 g/mol. The fourth-order valence-corrected chi connectivity index (χ4v) is 2.70. The lowest BCUT2D eigenvalue weighted by Crippen LogP contribution is -2.41. The third-order valence-corrected chi connectivity index (χ3v) is 4.61. The van der Waals surface area contributed by atoms with Crippen LogP contribution in [-0.2, 0) is 23.2 Å². The highest BCUT2D eigenvalue weighted by atomic mass is 19.4. The van der Waals surface area contributed by atoms with Gasteiger partial charge in [-0.05, 0) is 25.7 Å². The molecule has 3 rings (SSSR count). The predicted octanol–water partition coefficient (Wildman–Crippen LogP) is 2.53. The second-order valence-electron chi connectivity index (χ2n) is 7.33. The van der Waals surface area contributed by atoms with Crippen molar-refractivity contribution < 1.29 is 50.9 Å². The molecule has 0 saturated carbocycles. The molecular formula is C18H23F6N7O5. The Morgan fingerprint density at radius 2 is 1.56 bits per heavy atom. The Morgan fingerprint density at radius 1 is 1.06 bits per heavy atom. The Labute approximate surface area is 199 Å². The zero-order valence-corrected chi connectivity index (χ0v) is 18.9. The molecule has 2 aromatic heterocycles. The molecule has 18 heteroatoms. The van der Waals surface area contributed by atoms with E-state index in [2.05, 4.69) is 25.0 Å². The number of hydrogen-bond acceptors (Lipinski definition) is 6. The van der Waals surface area contributed by atoms with Crippen LogP contribution in [-0.4, -0.2) is 82.8 Å². The number of aryl methyl sites for hydroxylation is 2. The number of anilines is 1. The van der Waals surface area contributed by atoms with Crippen molar-refractivity contribution >= 4 is 23.9 Å². The molecule has 1 saturated heterocycles. The summed E-state index contributed by atoms with van der Waals surface area (Å²) in [5.74, 6) is -3.78. The van der Waals surface area contributed by atoms with E-state index in [1.54, 1.807) is 17.9 Å². The van der Waals surface area contributed by atoms with Crippen LogP contribution in [0.2, 0.25) is 0 Å². The number of likely N-dealkylation sites (tertiary alicyclic amines) is 1. The summed E-state index contributed by atoms with van der Waals surface area (Å²) in [5, 5.41) is 21.2. The maximum atomic E-state index is 12.2. The zero-order valence-electron chi connectivity index (χ0n) is 18.9. The number of amides is 2. The quantitative estimate of drug-likeness (QED) is 0.511. The van der Waals surface area contributed by atoms with Gasteiger partial charge in [0, 0.05) is 39.1 Å². The van der Waals surface area contributed by atoms with Crippen molar-refractivity contribution in [3.8, 4) is 0 Å². The highest BCUT2D eigenvalue weighted by Gasteiger charge is 2.38. The summed E-state index contributed by atoms with van der Waals surface area (Å²) in [6.45, 7) is 4.34. The minimum Gasteiger partial charge on any atom is -0.475 e. The Hall–Kier alpha value is -3.86. The number of rotatable bonds is 3. The fourth-order valence-electron chi connectivity index (χ4n) is 2.70. The number of nitrogens with zero attached hydrogens (tertiary/aromatic N) is 6. The first-order valence-electron chi connectivity index (χ1n) is 10.00. The summed E-state index contributed by atoms with van der Waals surface area (Å²) in [7, 11) is 1.81. The molecule has 12 nitrogen and oxygen atoms in total. The maximum absolute atomic E-state index is 12.2. The Kier molecular flexibility index (Phi) is 10.7. The molecule has 2 aromatic rings. The van der Waals surface area contributed by atoms with E-state index in [1.165, 1.54) is 0 Å². The second-order valence-corrected chi connectivity index (χ2v) is 7.33. The van der Waals surface area contributed by atoms with Crippen LogP contribution in [0.5, 0.6) is 0 Å². The molecule has 0 radical (unpaired) electrons. The van der Waals surface area contributed by atoms with Gasteiger partial charge in [0.25, 0.3) is 0 Å². The molecular weight excluding hydrogens is 508 g/mol. The molecule has 2 amide bonds. The van der Waals surface area contributed by atoms with Crippen LogP contribution < -0.4 is 5.32 Å². The maximum Gasteiger partial charge on any atom is 0.490 e. The number of alkyl halides is 6. The van der Waals surface area contributed by atoms with E-state index >= 15 is 0 Å². The molecule has 3 N–H and O–H groups in total. The van der Waals surface area contributed by atoms with Gasteiger partial charge < -0.3 is 19.7 Å². The molecule has 1 fully saturated rings. The van der Waals surface area contributed by atoms with Crippen LogP contribution in [0.3, 0.4) is 0 Å². The number of hydrogen-bond donors (Lipinski definition) is 3. The summed E-state index contributed by atoms with van der Waals surface area (Å²) in [5.41, 5.74) is 0. The van der Waals surface area contributed by atoms with Gasteiger partial charge in [-0.15, -0.1) is 5.10 Å². The number of carboxylic acids is 2. The lowest BCUT2D eigenvalue weighted by atomic mass is 9.97. The number of aliphatic carboxylic acids is 2. The number of piperidine rings is 1. The summed E-state index contributed by atoms with van der Waals surface area (Å²) < 4.78 is 67.2. The van der Waals surface area contributed by atoms with Gasteiger partial charge in [0.1, 0.15) is 5.82 Å². The van der Waals surface area contributed by atoms with Crippen LogP contribution in [0.25, 0.3) is 0 Å². The molecule has 1 aliphatic heterocycles. The van der Waals surface area contributed by atoms with Crippen LogP contribution in [0.4, 0.5) is 37.1 Å². The van der Waals surface area contributed by atoms with Gasteiger partial charge >= 0.3 is 30.3 Å². The molecule has 36 heavy (non-hydrogen) atoms. The fraction of sp³-hybridized carbons (Fsp3) is 0.556. The van der Waals surface area contributed by atoms with Crippen molar-refractivity contribution in [2.75, 3.05) is 18.4 Å². The van der Waals surface area contributed by atoms with E-state index in [4.69, 9.17) is 19.8 Å². The topological polar surface area (TPSA) is 155 Å². The summed E-state index contributed by atoms with van der Waals surface area (Å²) in [6, 6.07) is -0.119. The molecule has 1 aliphatic rings. The van der Waals surface area contributed by atoms with E-state index in [1.807, 2.05) is 24.3 Å². The number of aromatic nitrogens is 5. The van der Waals surface area contributed by atoms with Crippen LogP contribution >= 0.6 is 0 Å². The van der Waals surface area contributed by atoms with E-state index < -0.39 is 24.3 Å². The minimum absolute atomic E-state index is 0.119. The van der Waals surface area contributed by atoms with Crippen molar-refractivity contribution in [1.82, 2.24) is 29.2 Å². The van der Waals surface area contributed by atoms with Gasteiger partial charge in [-0.25, -0.2) is 19.4 Å². The third kappa shape index (κ3) is 10.6. The van der Waals surface area contributed by atoms with Gasteiger partial charge in [-0.3, -0.25) is 10.00 Å². The van der Waals surface area contributed by atoms with E-state index in [9.17, 15) is 31.1 Å². The highest BCUT2D eigenvalue weighted by Crippen LogP contribution is 2.19. The molecule has 0 bridgehead atoms. The number of urea groups is 1. The minimum atomic E-state index is -5.08. The lowest BCUT2D eigenvalue weighted by Gasteiger charge is -2.31. The van der Waals surface area contributed by atoms with E-state index in [-0.39, 0.29) is 6.03 Å². The molecule has 3 heterocycles. The first-order chi connectivity index (χ1) is 16.5. The highest BCUT2D eigenvalue weighted by molar-refractivity contribution is 5.87. The molecule has 0 aliphatic carbocycles. The molecule has 0 spiro atoms. The van der Waals surface area contributed by atoms with Crippen LogP contribution in [0.15, 0.2) is 18.7 Å². The first-order valence-corrected chi connectivity index (χ1v) is 10.00. The van der Waals surface area contributed by atoms with Gasteiger partial charge in [-0.1, -0.05) is 0 Å². The van der Waals surface area contributed by atoms with Crippen molar-refractivity contribution in [3.05, 3.63) is 24.5 Å². The number of carbonyl (C=O) groups is 3. The smallest absolute Gasteiger partial charge is 0.475 e. The molecule has 0 unspecified atom stereocenters. The van der Waals surface area contributed by atoms with Crippen molar-refractivity contribution in [2.45, 2.75) is 38.7 Å². The number of imidazole rings is 1. The van der Waals surface area contributed by atoms with Gasteiger partial charge in [-0.2, -0.15) is 31.3 Å². The first kappa shape index (κ1) is 30.2. The zero-order chi connectivity index (χ0) is 27.7. The number of carbonyl (C=O) groups excluding carboxylic acids is 1. The van der Waals surface area contributed by atoms with E-state index in [0.717, 1.165) is 38.3 Å². The largest absolute Gasteiger partial charge is 0.490 e. The molecule has 0 aromatic carbocycles. The molecule has 202 valence electrons. The normalized spacial score (nSPS) is 14.2. The lowest BCUT2D eigenvalue weighted by molar-refractivity contribution is -0.193. The number of carboxylic acid groups (broad SMARTS) is 2. The molecule has 0 atom stereocenters. The Bertz CT molecular complexity index is 956. The van der Waals surface area contributed by atoms with Crippen molar-refractivity contribution in [3.63, 3.8) is 0 Å². The standard InChI is InChI=1S/C14H21N7O.2C2HF3O2/c1-11-16-13(18-19(11)2)17-14(22)21-6-3-12(4-7-21)9-20-8-5-15-10-20;2*3-2(4,5)1(6)7/h5,8,10,12H,3-4,6-7,9H2,1-2H3,(H,17,18,22);2*(H,6,7). The summed E-state index contributed by atoms with van der Waals surface area (Å²) >= 11 is 0. The SMILES string of the molecule is Cc1nc(NC(=O)N2CCC(Cn3ccnc3)CC2)nn1C.O=C(O)C(F)(F)F.O=C(O)C(F)(F)F. The number of nitrogens with one attached hydrogen (secondary N) is 1. The predicted molar refractivity (Wildman–Crippen MR) is 109 cm³/mol. The summed E-state index contributed by atoms with van der Waals surface area (Å²) in [6.07, 6.45) is -2.55. The van der Waals surface area contributed by atoms with Crippen LogP contribution in [0, 0.1) is 12.8 Å².